The molecule has 1 aliphatic rings. The van der Waals surface area contributed by atoms with E-state index in [-0.39, 0.29) is 22.2 Å². The van der Waals surface area contributed by atoms with E-state index in [1.54, 1.807) is 0 Å². The Bertz CT molecular complexity index is 1010. The molecule has 0 spiro atoms. The van der Waals surface area contributed by atoms with Crippen molar-refractivity contribution in [2.75, 3.05) is 11.9 Å². The van der Waals surface area contributed by atoms with Crippen molar-refractivity contribution >= 4 is 21.6 Å². The lowest BCUT2D eigenvalue weighted by Gasteiger charge is -2.32. The second-order valence-electron chi connectivity index (χ2n) is 7.01. The topological polar surface area (TPSA) is 75.7 Å². The predicted octanol–water partition coefficient (Wildman–Crippen LogP) is 4.40. The van der Waals surface area contributed by atoms with Crippen LogP contribution in [-0.4, -0.2) is 37.6 Å². The highest BCUT2D eigenvalue weighted by molar-refractivity contribution is 7.89. The van der Waals surface area contributed by atoms with Crippen LogP contribution >= 0.6 is 0 Å². The van der Waals surface area contributed by atoms with Gasteiger partial charge in [0.1, 0.15) is 5.75 Å². The Morgan fingerprint density at radius 2 is 1.83 bits per heavy atom. The summed E-state index contributed by atoms with van der Waals surface area (Å²) in [6, 6.07) is 10.2. The molecule has 1 fully saturated rings. The number of alkyl halides is 3. The van der Waals surface area contributed by atoms with Crippen molar-refractivity contribution < 1.29 is 31.1 Å². The second-order valence-corrected chi connectivity index (χ2v) is 8.91. The van der Waals surface area contributed by atoms with Gasteiger partial charge in [-0.3, -0.25) is 4.79 Å². The van der Waals surface area contributed by atoms with E-state index in [2.05, 4.69) is 10.1 Å². The Hall–Kier alpha value is -2.59. The Kier molecular flexibility index (Phi) is 6.37. The van der Waals surface area contributed by atoms with Crippen molar-refractivity contribution in [2.24, 2.45) is 0 Å². The summed E-state index contributed by atoms with van der Waals surface area (Å²) in [5.41, 5.74) is 0.281. The van der Waals surface area contributed by atoms with E-state index >= 15 is 0 Å². The minimum Gasteiger partial charge on any atom is -0.406 e. The third kappa shape index (κ3) is 5.31. The van der Waals surface area contributed by atoms with Gasteiger partial charge in [0, 0.05) is 29.9 Å². The molecule has 1 unspecified atom stereocenters. The second kappa shape index (κ2) is 8.65. The molecule has 1 saturated heterocycles. The number of halogens is 3. The van der Waals surface area contributed by atoms with Crippen molar-refractivity contribution in [3.63, 3.8) is 0 Å². The molecule has 1 aliphatic heterocycles. The van der Waals surface area contributed by atoms with Gasteiger partial charge < -0.3 is 10.1 Å². The van der Waals surface area contributed by atoms with Crippen molar-refractivity contribution in [1.82, 2.24) is 4.31 Å². The molecule has 1 atom stereocenters. The zero-order valence-electron chi connectivity index (χ0n) is 16.1. The largest absolute Gasteiger partial charge is 0.573 e. The smallest absolute Gasteiger partial charge is 0.406 e. The summed E-state index contributed by atoms with van der Waals surface area (Å²) in [6.07, 6.45) is -2.24. The van der Waals surface area contributed by atoms with Crippen LogP contribution in [0.4, 0.5) is 18.9 Å². The molecule has 0 saturated carbocycles. The minimum atomic E-state index is -4.84. The molecule has 3 rings (SSSR count). The van der Waals surface area contributed by atoms with Gasteiger partial charge in [0.2, 0.25) is 10.0 Å². The average molecular weight is 442 g/mol. The van der Waals surface area contributed by atoms with Crippen LogP contribution in [0.25, 0.3) is 0 Å². The summed E-state index contributed by atoms with van der Waals surface area (Å²) in [6.45, 7) is 2.33. The summed E-state index contributed by atoms with van der Waals surface area (Å²) in [4.78, 5) is 12.5. The number of carbonyl (C=O) groups excluding carboxylic acids is 1. The lowest BCUT2D eigenvalue weighted by Crippen LogP contribution is -2.41. The van der Waals surface area contributed by atoms with E-state index in [1.807, 2.05) is 6.92 Å². The third-order valence-corrected chi connectivity index (χ3v) is 6.82. The van der Waals surface area contributed by atoms with Crippen LogP contribution in [-0.2, 0) is 10.0 Å². The van der Waals surface area contributed by atoms with Gasteiger partial charge >= 0.3 is 6.36 Å². The maximum Gasteiger partial charge on any atom is 0.573 e. The van der Waals surface area contributed by atoms with Gasteiger partial charge in [0.25, 0.3) is 5.91 Å². The average Bonchev–Trinajstić information content (AvgIpc) is 2.67. The molecule has 1 amide bonds. The van der Waals surface area contributed by atoms with Crippen LogP contribution in [0.2, 0.25) is 0 Å². The highest BCUT2D eigenvalue weighted by atomic mass is 32.2. The SMILES string of the molecule is CC1CCCCN1S(=O)(=O)c1ccc(C(=O)Nc2cccc(OC(F)(F)F)c2)cc1. The Balaban J connectivity index is 1.72. The molecule has 0 radical (unpaired) electrons. The first-order chi connectivity index (χ1) is 14.1. The first kappa shape index (κ1) is 22.1. The maximum absolute atomic E-state index is 12.8. The maximum atomic E-state index is 12.8. The van der Waals surface area contributed by atoms with Gasteiger partial charge in [-0.1, -0.05) is 12.5 Å². The normalized spacial score (nSPS) is 18.1. The third-order valence-electron chi connectivity index (χ3n) is 4.79. The molecule has 1 N–H and O–H groups in total. The number of hydrogen-bond acceptors (Lipinski definition) is 4. The zero-order chi connectivity index (χ0) is 21.9. The van der Waals surface area contributed by atoms with Crippen molar-refractivity contribution in [3.05, 3.63) is 54.1 Å². The van der Waals surface area contributed by atoms with E-state index in [4.69, 9.17) is 0 Å². The number of nitrogens with one attached hydrogen (secondary N) is 1. The Morgan fingerprint density at radius 1 is 1.13 bits per heavy atom. The highest BCUT2D eigenvalue weighted by Gasteiger charge is 2.32. The molecule has 2 aromatic rings. The van der Waals surface area contributed by atoms with Crippen LogP contribution in [0.5, 0.6) is 5.75 Å². The fourth-order valence-electron chi connectivity index (χ4n) is 3.32. The standard InChI is InChI=1S/C20H21F3N2O4S/c1-14-5-2-3-12-25(14)30(27,28)18-10-8-15(9-11-18)19(26)24-16-6-4-7-17(13-16)29-20(21,22)23/h4,6-11,13-14H,2-3,5,12H2,1H3,(H,24,26). The fraction of sp³-hybridized carbons (Fsp3) is 0.350. The van der Waals surface area contributed by atoms with Crippen LogP contribution < -0.4 is 10.1 Å². The van der Waals surface area contributed by atoms with E-state index in [0.717, 1.165) is 31.4 Å². The molecule has 162 valence electrons. The number of rotatable bonds is 5. The Labute approximate surface area is 172 Å². The lowest BCUT2D eigenvalue weighted by atomic mass is 10.1. The number of amides is 1. The number of carbonyl (C=O) groups is 1. The molecule has 0 bridgehead atoms. The Morgan fingerprint density at radius 3 is 2.47 bits per heavy atom. The number of sulfonamides is 1. The van der Waals surface area contributed by atoms with Crippen molar-refractivity contribution in [3.8, 4) is 5.75 Å². The van der Waals surface area contributed by atoms with Gasteiger partial charge in [-0.05, 0) is 56.2 Å². The monoisotopic (exact) mass is 442 g/mol. The zero-order valence-corrected chi connectivity index (χ0v) is 17.0. The van der Waals surface area contributed by atoms with E-state index in [0.29, 0.717) is 6.54 Å². The number of ether oxygens (including phenoxy) is 1. The minimum absolute atomic E-state index is 0.0853. The molecule has 1 heterocycles. The number of benzene rings is 2. The number of anilines is 1. The lowest BCUT2D eigenvalue weighted by molar-refractivity contribution is -0.274. The summed E-state index contributed by atoms with van der Waals surface area (Å²) in [5, 5.41) is 2.47. The highest BCUT2D eigenvalue weighted by Crippen LogP contribution is 2.27. The molecule has 10 heteroatoms. The van der Waals surface area contributed by atoms with Crippen molar-refractivity contribution in [1.29, 1.82) is 0 Å². The number of nitrogens with zero attached hydrogens (tertiary/aromatic N) is 1. The molecular weight excluding hydrogens is 421 g/mol. The van der Waals surface area contributed by atoms with Gasteiger partial charge in [0.15, 0.2) is 0 Å². The van der Waals surface area contributed by atoms with Crippen LogP contribution in [0.3, 0.4) is 0 Å². The number of hydrogen-bond donors (Lipinski definition) is 1. The van der Waals surface area contributed by atoms with Gasteiger partial charge in [-0.15, -0.1) is 13.2 Å². The van der Waals surface area contributed by atoms with Gasteiger partial charge in [-0.2, -0.15) is 4.31 Å². The molecule has 0 aromatic heterocycles. The van der Waals surface area contributed by atoms with E-state index in [9.17, 15) is 26.4 Å². The first-order valence-electron chi connectivity index (χ1n) is 9.35. The molecule has 2 aromatic carbocycles. The van der Waals surface area contributed by atoms with E-state index in [1.165, 1.54) is 40.7 Å². The van der Waals surface area contributed by atoms with Crippen LogP contribution in [0, 0.1) is 0 Å². The molecule has 6 nitrogen and oxygen atoms in total. The summed E-state index contributed by atoms with van der Waals surface area (Å²) in [7, 11) is -3.66. The first-order valence-corrected chi connectivity index (χ1v) is 10.8. The van der Waals surface area contributed by atoms with E-state index < -0.39 is 28.0 Å². The molecule has 0 aliphatic carbocycles. The number of piperidine rings is 1. The van der Waals surface area contributed by atoms with Crippen molar-refractivity contribution in [2.45, 2.75) is 43.5 Å². The fourth-order valence-corrected chi connectivity index (χ4v) is 5.02. The van der Waals surface area contributed by atoms with Crippen LogP contribution in [0.1, 0.15) is 36.5 Å². The summed E-state index contributed by atoms with van der Waals surface area (Å²) in [5.74, 6) is -1.05. The molecule has 30 heavy (non-hydrogen) atoms. The quantitative estimate of drug-likeness (QED) is 0.745. The van der Waals surface area contributed by atoms with Gasteiger partial charge in [-0.25, -0.2) is 8.42 Å². The summed E-state index contributed by atoms with van der Waals surface area (Å²) < 4.78 is 68.0. The van der Waals surface area contributed by atoms with Crippen LogP contribution in [0.15, 0.2) is 53.4 Å². The summed E-state index contributed by atoms with van der Waals surface area (Å²) >= 11 is 0. The molecular formula is C20H21F3N2O4S. The predicted molar refractivity (Wildman–Crippen MR) is 105 cm³/mol. The van der Waals surface area contributed by atoms with Gasteiger partial charge in [0.05, 0.1) is 4.90 Å².